The summed E-state index contributed by atoms with van der Waals surface area (Å²) in [6.07, 6.45) is 1.04. The van der Waals surface area contributed by atoms with E-state index in [0.717, 1.165) is 11.3 Å². The van der Waals surface area contributed by atoms with E-state index in [9.17, 15) is 13.2 Å². The second kappa shape index (κ2) is 8.14. The number of ether oxygens (including phenoxy) is 1. The Morgan fingerprint density at radius 3 is 2.70 bits per heavy atom. The van der Waals surface area contributed by atoms with E-state index in [0.29, 0.717) is 40.9 Å². The van der Waals surface area contributed by atoms with Gasteiger partial charge in [-0.3, -0.25) is 9.38 Å². The van der Waals surface area contributed by atoms with Crippen LogP contribution in [0.25, 0.3) is 16.8 Å². The number of rotatable bonds is 6. The van der Waals surface area contributed by atoms with Crippen LogP contribution in [-0.2, 0) is 12.8 Å². The van der Waals surface area contributed by atoms with Gasteiger partial charge in [0.1, 0.15) is 23.6 Å². The zero-order chi connectivity index (χ0) is 21.3. The number of alkyl halides is 2. The molecule has 0 unspecified atom stereocenters. The number of aryl methyl sites for hydroxylation is 2. The van der Waals surface area contributed by atoms with Gasteiger partial charge in [-0.15, -0.1) is 10.2 Å². The lowest BCUT2D eigenvalue weighted by Crippen LogP contribution is -2.04. The maximum Gasteiger partial charge on any atom is 0.280 e. The van der Waals surface area contributed by atoms with E-state index in [1.165, 1.54) is 25.7 Å². The standard InChI is InChI=1S/C22H19F3N4O/c1-13-10-18(23)17(19(11-13)30-2)8-6-14-5-7-16(22-28-27-12-29(14)22)15-4-3-9-26-20(15)21(24)25/h3-5,7,9-12,21H,6,8H2,1-2H3. The molecule has 4 aromatic rings. The van der Waals surface area contributed by atoms with E-state index < -0.39 is 6.43 Å². The Hall–Kier alpha value is -3.42. The van der Waals surface area contributed by atoms with Gasteiger partial charge in [-0.25, -0.2) is 13.2 Å². The highest BCUT2D eigenvalue weighted by Gasteiger charge is 2.19. The largest absolute Gasteiger partial charge is 0.496 e. The van der Waals surface area contributed by atoms with Crippen molar-refractivity contribution in [3.63, 3.8) is 0 Å². The van der Waals surface area contributed by atoms with Crippen LogP contribution in [0.15, 0.2) is 48.9 Å². The Kier molecular flexibility index (Phi) is 5.39. The van der Waals surface area contributed by atoms with Gasteiger partial charge in [0.15, 0.2) is 5.65 Å². The van der Waals surface area contributed by atoms with Crippen LogP contribution in [-0.4, -0.2) is 26.7 Å². The van der Waals surface area contributed by atoms with Crippen LogP contribution >= 0.6 is 0 Å². The number of halogens is 3. The molecule has 5 nitrogen and oxygen atoms in total. The van der Waals surface area contributed by atoms with Crippen molar-refractivity contribution in [2.75, 3.05) is 7.11 Å². The topological polar surface area (TPSA) is 52.3 Å². The van der Waals surface area contributed by atoms with Gasteiger partial charge in [0.25, 0.3) is 6.43 Å². The highest BCUT2D eigenvalue weighted by Crippen LogP contribution is 2.32. The highest BCUT2D eigenvalue weighted by atomic mass is 19.3. The Morgan fingerprint density at radius 1 is 1.10 bits per heavy atom. The van der Waals surface area contributed by atoms with Crippen LogP contribution in [0, 0.1) is 12.7 Å². The first-order valence-corrected chi connectivity index (χ1v) is 9.37. The van der Waals surface area contributed by atoms with E-state index in [-0.39, 0.29) is 11.5 Å². The summed E-state index contributed by atoms with van der Waals surface area (Å²) in [5, 5.41) is 8.06. The SMILES string of the molecule is COc1cc(C)cc(F)c1CCc1ccc(-c2cccnc2C(F)F)c2nncn12. The van der Waals surface area contributed by atoms with Crippen LogP contribution in [0.5, 0.6) is 5.75 Å². The van der Waals surface area contributed by atoms with Crippen LogP contribution in [0.3, 0.4) is 0 Å². The summed E-state index contributed by atoms with van der Waals surface area (Å²) in [6, 6.07) is 10.0. The van der Waals surface area contributed by atoms with Crippen molar-refractivity contribution in [3.05, 3.63) is 77.3 Å². The number of hydrogen-bond donors (Lipinski definition) is 0. The van der Waals surface area contributed by atoms with Gasteiger partial charge in [-0.2, -0.15) is 0 Å². The van der Waals surface area contributed by atoms with Crippen molar-refractivity contribution in [2.24, 2.45) is 0 Å². The zero-order valence-electron chi connectivity index (χ0n) is 16.4. The molecule has 0 saturated carbocycles. The number of fused-ring (bicyclic) bond motifs is 1. The van der Waals surface area contributed by atoms with Gasteiger partial charge in [0, 0.05) is 28.6 Å². The second-order valence-corrected chi connectivity index (χ2v) is 6.93. The van der Waals surface area contributed by atoms with Crippen molar-refractivity contribution >= 4 is 5.65 Å². The molecule has 3 heterocycles. The molecule has 4 rings (SSSR count). The first kappa shape index (κ1) is 19.9. The normalized spacial score (nSPS) is 11.4. The average Bonchev–Trinajstić information content (AvgIpc) is 3.22. The molecule has 0 bridgehead atoms. The third-order valence-electron chi connectivity index (χ3n) is 5.03. The van der Waals surface area contributed by atoms with Crippen molar-refractivity contribution in [3.8, 4) is 16.9 Å². The molecule has 0 radical (unpaired) electrons. The number of nitrogens with zero attached hydrogens (tertiary/aromatic N) is 4. The minimum atomic E-state index is -2.71. The Morgan fingerprint density at radius 2 is 1.93 bits per heavy atom. The van der Waals surface area contributed by atoms with E-state index in [1.807, 2.05) is 6.07 Å². The fourth-order valence-corrected chi connectivity index (χ4v) is 3.61. The molecular weight excluding hydrogens is 393 g/mol. The lowest BCUT2D eigenvalue weighted by atomic mass is 10.0. The smallest absolute Gasteiger partial charge is 0.280 e. The molecule has 0 saturated heterocycles. The van der Waals surface area contributed by atoms with E-state index in [2.05, 4.69) is 15.2 Å². The summed E-state index contributed by atoms with van der Waals surface area (Å²) >= 11 is 0. The average molecular weight is 412 g/mol. The van der Waals surface area contributed by atoms with Crippen molar-refractivity contribution < 1.29 is 17.9 Å². The van der Waals surface area contributed by atoms with Gasteiger partial charge in [0.2, 0.25) is 0 Å². The molecule has 0 aliphatic carbocycles. The van der Waals surface area contributed by atoms with Gasteiger partial charge >= 0.3 is 0 Å². The zero-order valence-corrected chi connectivity index (χ0v) is 16.4. The first-order chi connectivity index (χ1) is 14.5. The summed E-state index contributed by atoms with van der Waals surface area (Å²) in [7, 11) is 1.51. The van der Waals surface area contributed by atoms with Crippen LogP contribution in [0.4, 0.5) is 13.2 Å². The molecule has 3 aromatic heterocycles. The molecule has 154 valence electrons. The van der Waals surface area contributed by atoms with E-state index in [4.69, 9.17) is 4.74 Å². The lowest BCUT2D eigenvalue weighted by Gasteiger charge is -2.13. The van der Waals surface area contributed by atoms with Gasteiger partial charge < -0.3 is 4.74 Å². The third-order valence-corrected chi connectivity index (χ3v) is 5.03. The third kappa shape index (κ3) is 3.60. The molecule has 0 aliphatic rings. The lowest BCUT2D eigenvalue weighted by molar-refractivity contribution is 0.147. The summed E-state index contributed by atoms with van der Waals surface area (Å²) < 4.78 is 48.4. The Balaban J connectivity index is 1.71. The highest BCUT2D eigenvalue weighted by molar-refractivity contribution is 5.79. The van der Waals surface area contributed by atoms with Gasteiger partial charge in [-0.05, 0) is 55.7 Å². The summed E-state index contributed by atoms with van der Waals surface area (Å²) in [6.45, 7) is 1.81. The molecule has 0 N–H and O–H groups in total. The van der Waals surface area contributed by atoms with Crippen LogP contribution < -0.4 is 4.74 Å². The summed E-state index contributed by atoms with van der Waals surface area (Å²) in [5.74, 6) is 0.182. The molecule has 0 aliphatic heterocycles. The number of hydrogen-bond acceptors (Lipinski definition) is 4. The molecule has 1 aromatic carbocycles. The minimum Gasteiger partial charge on any atom is -0.496 e. The Bertz CT molecular complexity index is 1210. The van der Waals surface area contributed by atoms with Crippen molar-refractivity contribution in [1.29, 1.82) is 0 Å². The number of pyridine rings is 2. The quantitative estimate of drug-likeness (QED) is 0.449. The van der Waals surface area contributed by atoms with Crippen LogP contribution in [0.1, 0.15) is 28.9 Å². The molecule has 0 amide bonds. The van der Waals surface area contributed by atoms with Crippen molar-refractivity contribution in [2.45, 2.75) is 26.2 Å². The predicted octanol–water partition coefficient (Wildman–Crippen LogP) is 4.97. The summed E-state index contributed by atoms with van der Waals surface area (Å²) in [4.78, 5) is 3.82. The Labute approximate surface area is 171 Å². The monoisotopic (exact) mass is 412 g/mol. The minimum absolute atomic E-state index is 0.304. The molecule has 8 heteroatoms. The predicted molar refractivity (Wildman–Crippen MR) is 106 cm³/mol. The second-order valence-electron chi connectivity index (χ2n) is 6.93. The van der Waals surface area contributed by atoms with E-state index >= 15 is 0 Å². The molecule has 0 fully saturated rings. The van der Waals surface area contributed by atoms with Gasteiger partial charge in [0.05, 0.1) is 7.11 Å². The van der Waals surface area contributed by atoms with Gasteiger partial charge in [-0.1, -0.05) is 6.07 Å². The number of aromatic nitrogens is 4. The molecule has 0 spiro atoms. The number of methoxy groups -OCH3 is 1. The molecular formula is C22H19F3N4O. The first-order valence-electron chi connectivity index (χ1n) is 9.37. The maximum atomic E-state index is 14.5. The van der Waals surface area contributed by atoms with Crippen molar-refractivity contribution in [1.82, 2.24) is 19.6 Å². The molecule has 0 atom stereocenters. The number of benzene rings is 1. The maximum absolute atomic E-state index is 14.5. The van der Waals surface area contributed by atoms with Crippen LogP contribution in [0.2, 0.25) is 0 Å². The van der Waals surface area contributed by atoms with E-state index in [1.54, 1.807) is 35.6 Å². The fourth-order valence-electron chi connectivity index (χ4n) is 3.61. The molecule has 30 heavy (non-hydrogen) atoms. The summed E-state index contributed by atoms with van der Waals surface area (Å²) in [5.41, 5.74) is 3.05. The fraction of sp³-hybridized carbons (Fsp3) is 0.227.